The predicted octanol–water partition coefficient (Wildman–Crippen LogP) is 7.53. The van der Waals surface area contributed by atoms with Crippen molar-refractivity contribution in [3.63, 3.8) is 0 Å². The first kappa shape index (κ1) is 26.3. The number of hydrogen-bond donors (Lipinski definition) is 2. The fourth-order valence-electron chi connectivity index (χ4n) is 4.45. The van der Waals surface area contributed by atoms with Crippen molar-refractivity contribution >= 4 is 34.7 Å². The minimum atomic E-state index is 0.219. The fourth-order valence-corrected chi connectivity index (χ4v) is 4.45. The lowest BCUT2D eigenvalue weighted by molar-refractivity contribution is 1.39. The van der Waals surface area contributed by atoms with Gasteiger partial charge in [0.05, 0.1) is 11.4 Å². The molecule has 0 aromatic heterocycles. The molecule has 0 atom stereocenters. The average molecular weight is 471 g/mol. The van der Waals surface area contributed by atoms with Crippen LogP contribution in [0, 0.1) is 17.7 Å². The third kappa shape index (κ3) is 5.84. The standard InChI is InChI=1S/C34H34N2/c1-6-10-15-25(7-2)31-19-14-18-27(28-20-21-32(35)33(36)23-28)22-24(5)34(26-16-12-11-13-17-26)30(9-4)29(31)8-3/h6-23,35-36H,1H2,2-5H3/b15-10-,18-14?,25-7+,27-22?,29-8+,30-9+,31-19?,34-24?,35-32?,36-33?. The van der Waals surface area contributed by atoms with E-state index >= 15 is 0 Å². The third-order valence-corrected chi connectivity index (χ3v) is 6.18. The van der Waals surface area contributed by atoms with Crippen LogP contribution < -0.4 is 10.4 Å². The monoisotopic (exact) mass is 470 g/mol. The molecule has 2 heteroatoms. The molecule has 3 rings (SSSR count). The van der Waals surface area contributed by atoms with Gasteiger partial charge in [-0.2, -0.15) is 0 Å². The second-order valence-corrected chi connectivity index (χ2v) is 8.47. The van der Waals surface area contributed by atoms with E-state index in [9.17, 15) is 0 Å². The minimum Gasteiger partial charge on any atom is -0.299 e. The van der Waals surface area contributed by atoms with Crippen molar-refractivity contribution in [2.45, 2.75) is 27.7 Å². The summed E-state index contributed by atoms with van der Waals surface area (Å²) in [6.07, 6.45) is 17.7. The molecule has 0 bridgehead atoms. The lowest BCUT2D eigenvalue weighted by Gasteiger charge is -2.12. The van der Waals surface area contributed by atoms with Gasteiger partial charge in [-0.05, 0) is 89.2 Å². The van der Waals surface area contributed by atoms with Gasteiger partial charge in [0.1, 0.15) is 0 Å². The van der Waals surface area contributed by atoms with Gasteiger partial charge < -0.3 is 0 Å². The summed E-state index contributed by atoms with van der Waals surface area (Å²) in [4.78, 5) is 0. The van der Waals surface area contributed by atoms with Gasteiger partial charge in [0, 0.05) is 0 Å². The van der Waals surface area contributed by atoms with Crippen LogP contribution >= 0.6 is 0 Å². The smallest absolute Gasteiger partial charge is 0.0795 e. The van der Waals surface area contributed by atoms with Crippen LogP contribution in [-0.2, 0) is 0 Å². The Morgan fingerprint density at radius 1 is 0.806 bits per heavy atom. The van der Waals surface area contributed by atoms with Gasteiger partial charge >= 0.3 is 0 Å². The van der Waals surface area contributed by atoms with E-state index in [2.05, 4.69) is 107 Å². The molecule has 0 saturated heterocycles. The second-order valence-electron chi connectivity index (χ2n) is 8.47. The molecule has 0 unspecified atom stereocenters. The van der Waals surface area contributed by atoms with Crippen LogP contribution in [0.5, 0.6) is 0 Å². The highest BCUT2D eigenvalue weighted by Crippen LogP contribution is 2.23. The van der Waals surface area contributed by atoms with Crippen LogP contribution in [0.2, 0.25) is 0 Å². The van der Waals surface area contributed by atoms with Gasteiger partial charge in [-0.1, -0.05) is 104 Å². The van der Waals surface area contributed by atoms with E-state index in [0.717, 1.165) is 49.4 Å². The Morgan fingerprint density at radius 3 is 2.11 bits per heavy atom. The molecule has 0 radical (unpaired) electrons. The molecule has 0 fully saturated rings. The maximum Gasteiger partial charge on any atom is 0.0795 e. The van der Waals surface area contributed by atoms with Gasteiger partial charge in [-0.15, -0.1) is 0 Å². The molecule has 2 aromatic rings. The quantitative estimate of drug-likeness (QED) is 0.335. The van der Waals surface area contributed by atoms with Gasteiger partial charge in [0.25, 0.3) is 0 Å². The van der Waals surface area contributed by atoms with Crippen LogP contribution in [0.25, 0.3) is 34.4 Å². The van der Waals surface area contributed by atoms with E-state index in [-0.39, 0.29) is 11.4 Å². The normalized spacial score (nSPS) is 14.8. The Labute approximate surface area is 215 Å². The van der Waals surface area contributed by atoms with E-state index in [1.807, 2.05) is 18.2 Å². The average Bonchev–Trinajstić information content (AvgIpc) is 2.89. The maximum atomic E-state index is 8.17. The first-order chi connectivity index (χ1) is 17.4. The Hall–Kier alpha value is -4.30. The summed E-state index contributed by atoms with van der Waals surface area (Å²) in [7, 11) is 0. The van der Waals surface area contributed by atoms with Gasteiger partial charge in [0.2, 0.25) is 0 Å². The molecule has 180 valence electrons. The van der Waals surface area contributed by atoms with Crippen molar-refractivity contribution in [2.75, 3.05) is 0 Å². The zero-order chi connectivity index (χ0) is 26.1. The molecule has 0 heterocycles. The second kappa shape index (κ2) is 12.4. The van der Waals surface area contributed by atoms with E-state index in [0.29, 0.717) is 0 Å². The summed E-state index contributed by atoms with van der Waals surface area (Å²) in [6, 6.07) is 19.0. The van der Waals surface area contributed by atoms with Crippen molar-refractivity contribution < 1.29 is 0 Å². The SMILES string of the molecule is C=C/C=C\C(=C/C)c1cccc(C2=CC(=N)C(=N)C=C2)cc(C)c(-c2ccccc2)c(=C/C)/c1=C\C. The summed E-state index contributed by atoms with van der Waals surface area (Å²) in [6.45, 7) is 12.2. The van der Waals surface area contributed by atoms with Crippen molar-refractivity contribution in [1.82, 2.24) is 0 Å². The highest BCUT2D eigenvalue weighted by molar-refractivity contribution is 6.50. The fraction of sp³-hybridized carbons (Fsp3) is 0.118. The Kier molecular flexibility index (Phi) is 9.07. The Balaban J connectivity index is 2.59. The van der Waals surface area contributed by atoms with E-state index in [4.69, 9.17) is 10.8 Å². The Bertz CT molecular complexity index is 1490. The topological polar surface area (TPSA) is 47.7 Å². The molecule has 2 N–H and O–H groups in total. The van der Waals surface area contributed by atoms with Crippen molar-refractivity contribution in [3.8, 4) is 11.1 Å². The molecule has 0 amide bonds. The van der Waals surface area contributed by atoms with Crippen molar-refractivity contribution in [3.05, 3.63) is 131 Å². The van der Waals surface area contributed by atoms with Crippen molar-refractivity contribution in [2.24, 2.45) is 0 Å². The van der Waals surface area contributed by atoms with Crippen LogP contribution in [-0.4, -0.2) is 11.4 Å². The molecular weight excluding hydrogens is 436 g/mol. The number of nitrogens with one attached hydrogen (secondary N) is 2. The first-order valence-corrected chi connectivity index (χ1v) is 12.2. The Morgan fingerprint density at radius 2 is 1.50 bits per heavy atom. The van der Waals surface area contributed by atoms with Gasteiger partial charge in [-0.25, -0.2) is 0 Å². The number of allylic oxidation sites excluding steroid dienone is 9. The molecule has 0 aliphatic heterocycles. The molecule has 1 aliphatic rings. The number of benzene rings is 1. The van der Waals surface area contributed by atoms with Crippen LogP contribution in [0.1, 0.15) is 37.5 Å². The highest BCUT2D eigenvalue weighted by atomic mass is 14.5. The minimum absolute atomic E-state index is 0.219. The largest absolute Gasteiger partial charge is 0.299 e. The van der Waals surface area contributed by atoms with E-state index in [1.165, 1.54) is 0 Å². The summed E-state index contributed by atoms with van der Waals surface area (Å²) in [5.74, 6) is 0. The van der Waals surface area contributed by atoms with Gasteiger partial charge in [0.15, 0.2) is 0 Å². The maximum absolute atomic E-state index is 8.17. The summed E-state index contributed by atoms with van der Waals surface area (Å²) >= 11 is 0. The highest BCUT2D eigenvalue weighted by Gasteiger charge is 2.10. The third-order valence-electron chi connectivity index (χ3n) is 6.18. The van der Waals surface area contributed by atoms with Crippen LogP contribution in [0.15, 0.2) is 104 Å². The molecule has 36 heavy (non-hydrogen) atoms. The number of rotatable bonds is 5. The molecule has 1 aliphatic carbocycles. The molecule has 2 nitrogen and oxygen atoms in total. The lowest BCUT2D eigenvalue weighted by atomic mass is 9.92. The molecular formula is C34H34N2. The van der Waals surface area contributed by atoms with Gasteiger partial charge in [-0.3, -0.25) is 10.8 Å². The lowest BCUT2D eigenvalue weighted by Crippen LogP contribution is -2.29. The summed E-state index contributed by atoms with van der Waals surface area (Å²) in [5, 5.41) is 18.4. The zero-order valence-corrected chi connectivity index (χ0v) is 21.6. The summed E-state index contributed by atoms with van der Waals surface area (Å²) < 4.78 is 0. The van der Waals surface area contributed by atoms with E-state index < -0.39 is 0 Å². The van der Waals surface area contributed by atoms with Crippen LogP contribution in [0.3, 0.4) is 0 Å². The van der Waals surface area contributed by atoms with Crippen molar-refractivity contribution in [1.29, 1.82) is 10.8 Å². The first-order valence-electron chi connectivity index (χ1n) is 12.2. The van der Waals surface area contributed by atoms with Crippen LogP contribution in [0.4, 0.5) is 0 Å². The molecule has 0 saturated carbocycles. The number of hydrogen-bond acceptors (Lipinski definition) is 2. The predicted molar refractivity (Wildman–Crippen MR) is 159 cm³/mol. The molecule has 2 aromatic carbocycles. The molecule has 0 spiro atoms. The van der Waals surface area contributed by atoms with E-state index in [1.54, 1.807) is 18.2 Å². The number of aryl methyl sites for hydroxylation is 1. The zero-order valence-electron chi connectivity index (χ0n) is 21.6. The summed E-state index contributed by atoms with van der Waals surface area (Å²) in [5.41, 5.74) is 8.01.